The van der Waals surface area contributed by atoms with Gasteiger partial charge in [0.2, 0.25) is 0 Å². The van der Waals surface area contributed by atoms with Crippen LogP contribution in [-0.2, 0) is 0 Å². The molecule has 1 fully saturated rings. The third-order valence-corrected chi connectivity index (χ3v) is 2.74. The molecule has 1 aliphatic heterocycles. The van der Waals surface area contributed by atoms with E-state index in [0.717, 1.165) is 13.0 Å². The largest absolute Gasteiger partial charge is 0.330 e. The first kappa shape index (κ1) is 9.01. The van der Waals surface area contributed by atoms with Gasteiger partial charge in [0.1, 0.15) is 0 Å². The van der Waals surface area contributed by atoms with E-state index < -0.39 is 0 Å². The first-order chi connectivity index (χ1) is 5.20. The fourth-order valence-electron chi connectivity index (χ4n) is 1.73. The van der Waals surface area contributed by atoms with Gasteiger partial charge in [0, 0.05) is 13.1 Å². The topological polar surface area (TPSA) is 29.3 Å². The summed E-state index contributed by atoms with van der Waals surface area (Å²) in [5, 5.41) is 0. The first-order valence-electron chi connectivity index (χ1n) is 4.62. The number of likely N-dealkylation sites (tertiary alicyclic amines) is 1. The van der Waals surface area contributed by atoms with Crippen molar-refractivity contribution in [1.82, 2.24) is 4.90 Å². The van der Waals surface area contributed by atoms with Crippen molar-refractivity contribution < 1.29 is 0 Å². The monoisotopic (exact) mass is 156 g/mol. The van der Waals surface area contributed by atoms with Crippen LogP contribution >= 0.6 is 0 Å². The minimum absolute atomic E-state index is 0.620. The van der Waals surface area contributed by atoms with E-state index in [9.17, 15) is 0 Å². The van der Waals surface area contributed by atoms with Crippen molar-refractivity contribution in [2.75, 3.05) is 26.2 Å². The second-order valence-corrected chi connectivity index (χ2v) is 4.02. The van der Waals surface area contributed by atoms with E-state index in [1.165, 1.54) is 26.1 Å². The summed E-state index contributed by atoms with van der Waals surface area (Å²) in [5.41, 5.74) is 6.05. The normalized spacial score (nSPS) is 23.2. The van der Waals surface area contributed by atoms with Gasteiger partial charge in [-0.2, -0.15) is 0 Å². The zero-order chi connectivity index (χ0) is 8.32. The molecule has 0 unspecified atom stereocenters. The molecule has 0 aliphatic carbocycles. The van der Waals surface area contributed by atoms with Gasteiger partial charge in [-0.05, 0) is 31.3 Å². The Labute approximate surface area is 69.8 Å². The van der Waals surface area contributed by atoms with Crippen molar-refractivity contribution in [2.45, 2.75) is 26.7 Å². The van der Waals surface area contributed by atoms with E-state index in [1.54, 1.807) is 0 Å². The third kappa shape index (κ3) is 2.17. The van der Waals surface area contributed by atoms with Crippen molar-refractivity contribution >= 4 is 0 Å². The van der Waals surface area contributed by atoms with Crippen LogP contribution in [0.1, 0.15) is 26.7 Å². The summed E-state index contributed by atoms with van der Waals surface area (Å²) in [5.74, 6) is 0. The minimum Gasteiger partial charge on any atom is -0.330 e. The highest BCUT2D eigenvalue weighted by Gasteiger charge is 2.35. The smallest absolute Gasteiger partial charge is 0.00477 e. The van der Waals surface area contributed by atoms with E-state index in [4.69, 9.17) is 5.73 Å². The zero-order valence-electron chi connectivity index (χ0n) is 7.77. The van der Waals surface area contributed by atoms with Gasteiger partial charge in [0.25, 0.3) is 0 Å². The van der Waals surface area contributed by atoms with Gasteiger partial charge in [-0.1, -0.05) is 13.8 Å². The van der Waals surface area contributed by atoms with E-state index in [0.29, 0.717) is 5.41 Å². The lowest BCUT2D eigenvalue weighted by molar-refractivity contribution is 0.0127. The lowest BCUT2D eigenvalue weighted by atomic mass is 9.79. The number of nitrogens with zero attached hydrogens (tertiary/aromatic N) is 1. The fourth-order valence-corrected chi connectivity index (χ4v) is 1.73. The molecule has 0 atom stereocenters. The zero-order valence-corrected chi connectivity index (χ0v) is 7.77. The molecule has 1 saturated heterocycles. The second-order valence-electron chi connectivity index (χ2n) is 4.02. The Morgan fingerprint density at radius 2 is 2.09 bits per heavy atom. The summed E-state index contributed by atoms with van der Waals surface area (Å²) in [6.45, 7) is 9.24. The van der Waals surface area contributed by atoms with Crippen molar-refractivity contribution in [1.29, 1.82) is 0 Å². The average molecular weight is 156 g/mol. The van der Waals surface area contributed by atoms with Crippen LogP contribution in [0.5, 0.6) is 0 Å². The molecule has 66 valence electrons. The lowest BCUT2D eigenvalue weighted by Crippen LogP contribution is -2.54. The van der Waals surface area contributed by atoms with Crippen LogP contribution in [0, 0.1) is 5.41 Å². The SMILES string of the molecule is CCC1(C)CN(CCCN)C1. The maximum atomic E-state index is 5.43. The number of hydrogen-bond acceptors (Lipinski definition) is 2. The molecule has 0 aromatic heterocycles. The van der Waals surface area contributed by atoms with E-state index >= 15 is 0 Å². The quantitative estimate of drug-likeness (QED) is 0.659. The van der Waals surface area contributed by atoms with Crippen LogP contribution in [-0.4, -0.2) is 31.1 Å². The maximum absolute atomic E-state index is 5.43. The molecule has 1 heterocycles. The standard InChI is InChI=1S/C9H20N2/c1-3-9(2)7-11(8-9)6-4-5-10/h3-8,10H2,1-2H3. The first-order valence-corrected chi connectivity index (χ1v) is 4.62. The van der Waals surface area contributed by atoms with Gasteiger partial charge in [-0.15, -0.1) is 0 Å². The molecule has 2 nitrogen and oxygen atoms in total. The molecule has 0 aromatic carbocycles. The Kier molecular flexibility index (Phi) is 2.90. The van der Waals surface area contributed by atoms with E-state index in [2.05, 4.69) is 18.7 Å². The molecule has 0 aromatic rings. The molecular weight excluding hydrogens is 136 g/mol. The molecule has 11 heavy (non-hydrogen) atoms. The summed E-state index contributed by atoms with van der Waals surface area (Å²) in [4.78, 5) is 2.50. The van der Waals surface area contributed by atoms with Gasteiger partial charge >= 0.3 is 0 Å². The van der Waals surface area contributed by atoms with Crippen LogP contribution in [0.3, 0.4) is 0 Å². The van der Waals surface area contributed by atoms with Gasteiger partial charge in [0.15, 0.2) is 0 Å². The Morgan fingerprint density at radius 3 is 2.55 bits per heavy atom. The van der Waals surface area contributed by atoms with Gasteiger partial charge in [-0.25, -0.2) is 0 Å². The van der Waals surface area contributed by atoms with E-state index in [1.807, 2.05) is 0 Å². The molecule has 0 saturated carbocycles. The van der Waals surface area contributed by atoms with Crippen molar-refractivity contribution in [2.24, 2.45) is 11.1 Å². The predicted octanol–water partition coefficient (Wildman–Crippen LogP) is 1.07. The Bertz CT molecular complexity index is 117. The molecule has 0 radical (unpaired) electrons. The van der Waals surface area contributed by atoms with E-state index in [-0.39, 0.29) is 0 Å². The maximum Gasteiger partial charge on any atom is 0.00477 e. The summed E-state index contributed by atoms with van der Waals surface area (Å²) in [7, 11) is 0. The van der Waals surface area contributed by atoms with Crippen molar-refractivity contribution in [3.63, 3.8) is 0 Å². The van der Waals surface area contributed by atoms with Crippen LogP contribution < -0.4 is 5.73 Å². The van der Waals surface area contributed by atoms with Gasteiger partial charge < -0.3 is 10.6 Å². The van der Waals surface area contributed by atoms with Crippen LogP contribution in [0.2, 0.25) is 0 Å². The average Bonchev–Trinajstić information content (AvgIpc) is 1.96. The van der Waals surface area contributed by atoms with Crippen LogP contribution in [0.25, 0.3) is 0 Å². The fraction of sp³-hybridized carbons (Fsp3) is 1.00. The number of hydrogen-bond donors (Lipinski definition) is 1. The lowest BCUT2D eigenvalue weighted by Gasteiger charge is -2.48. The highest BCUT2D eigenvalue weighted by atomic mass is 15.2. The van der Waals surface area contributed by atoms with Crippen molar-refractivity contribution in [3.05, 3.63) is 0 Å². The third-order valence-electron chi connectivity index (χ3n) is 2.74. The summed E-state index contributed by atoms with van der Waals surface area (Å²) >= 11 is 0. The molecule has 2 heteroatoms. The molecule has 2 N–H and O–H groups in total. The summed E-state index contributed by atoms with van der Waals surface area (Å²) in [6, 6.07) is 0. The molecule has 1 rings (SSSR count). The molecule has 1 aliphatic rings. The second kappa shape index (κ2) is 3.55. The van der Waals surface area contributed by atoms with Crippen LogP contribution in [0.4, 0.5) is 0 Å². The summed E-state index contributed by atoms with van der Waals surface area (Å²) < 4.78 is 0. The van der Waals surface area contributed by atoms with Crippen LogP contribution in [0.15, 0.2) is 0 Å². The highest BCUT2D eigenvalue weighted by Crippen LogP contribution is 2.32. The highest BCUT2D eigenvalue weighted by molar-refractivity contribution is 4.89. The Hall–Kier alpha value is -0.0800. The predicted molar refractivity (Wildman–Crippen MR) is 48.5 cm³/mol. The molecule has 0 amide bonds. The summed E-state index contributed by atoms with van der Waals surface area (Å²) in [6.07, 6.45) is 2.46. The van der Waals surface area contributed by atoms with Crippen molar-refractivity contribution in [3.8, 4) is 0 Å². The minimum atomic E-state index is 0.620. The molecule has 0 spiro atoms. The number of nitrogens with two attached hydrogens (primary N) is 1. The molecular formula is C9H20N2. The molecule has 0 bridgehead atoms. The van der Waals surface area contributed by atoms with Gasteiger partial charge in [-0.3, -0.25) is 0 Å². The van der Waals surface area contributed by atoms with Gasteiger partial charge in [0.05, 0.1) is 0 Å². The Balaban J connectivity index is 2.08. The Morgan fingerprint density at radius 1 is 1.45 bits per heavy atom. The number of rotatable bonds is 4.